The summed E-state index contributed by atoms with van der Waals surface area (Å²) in [6, 6.07) is 0. The Morgan fingerprint density at radius 2 is 0.528 bits per heavy atom. The molecule has 0 aromatic carbocycles. The summed E-state index contributed by atoms with van der Waals surface area (Å²) in [6.45, 7) is 34.5. The number of hydrogen-bond donors (Lipinski definition) is 0. The number of alkyl halides is 3. The Kier molecular flexibility index (Phi) is 40.6. The average molecular weight is 1020 g/mol. The second-order valence-electron chi connectivity index (χ2n) is 29.3. The van der Waals surface area contributed by atoms with Crippen LogP contribution in [-0.4, -0.2) is 12.1 Å². The summed E-state index contributed by atoms with van der Waals surface area (Å²) in [7, 11) is 0. The van der Waals surface area contributed by atoms with Gasteiger partial charge in [0.05, 0.1) is 0 Å². The molecule has 72 heavy (non-hydrogen) atoms. The third kappa shape index (κ3) is 41.0. The number of hydrogen-bond acceptors (Lipinski definition) is 0. The summed E-state index contributed by atoms with van der Waals surface area (Å²) in [6.07, 6.45) is 47.9. The van der Waals surface area contributed by atoms with Crippen molar-refractivity contribution >= 4 is 0 Å². The first-order valence-electron chi connectivity index (χ1n) is 33.0. The van der Waals surface area contributed by atoms with E-state index in [0.29, 0.717) is 17.8 Å². The van der Waals surface area contributed by atoms with Crippen molar-refractivity contribution in [2.75, 3.05) is 0 Å². The molecule has 0 spiro atoms. The van der Waals surface area contributed by atoms with Crippen LogP contribution < -0.4 is 0 Å². The van der Waals surface area contributed by atoms with Gasteiger partial charge in [-0.25, -0.2) is 13.2 Å². The van der Waals surface area contributed by atoms with Crippen LogP contribution in [0.25, 0.3) is 0 Å². The molecule has 0 aromatic rings. The second-order valence-corrected chi connectivity index (χ2v) is 29.3. The lowest BCUT2D eigenvalue weighted by Gasteiger charge is -2.29. The van der Waals surface area contributed by atoms with Crippen LogP contribution in [0.3, 0.4) is 0 Å². The van der Waals surface area contributed by atoms with Gasteiger partial charge in [-0.1, -0.05) is 258 Å². The zero-order chi connectivity index (χ0) is 53.9. The standard InChI is InChI=1S/2C11H22.C10H18F2.C10H19F.C10H20.C9H18.C8H16/c1-9(2)8-11-6-4-10(3)5-7-11;1-10(2)9-11-7-5-3-4-6-8-11;1-8(2)7-9-3-5-10(11,12)6-4-9;1-8(2)6-9-4-3-5-10(11)7-9;1-9(2)8-10-6-4-3-5-7-10;1-8(2)7-9-5-3-4-6-9;1-7(2)6-8-4-3-5-8/h9-11H,4-8H2,1-3H3;10-11H,3-9H2,1-2H3;8-9H,3-7H2,1-2H3;8-10H,3-7H2,1-2H3;9-10H,3-8H2,1-2H3;8-9H,3-7H2,1-2H3;7-8H,3-6H2,1-2H3. The maximum absolute atomic E-state index is 12.9. The fourth-order valence-electron chi connectivity index (χ4n) is 14.0. The van der Waals surface area contributed by atoms with Crippen molar-refractivity contribution in [3.8, 4) is 0 Å². The van der Waals surface area contributed by atoms with Gasteiger partial charge in [-0.05, 0) is 159 Å². The van der Waals surface area contributed by atoms with E-state index < -0.39 is 12.1 Å². The summed E-state index contributed by atoms with van der Waals surface area (Å²) in [5.41, 5.74) is 0. The molecule has 7 rings (SSSR count). The fourth-order valence-corrected chi connectivity index (χ4v) is 14.0. The van der Waals surface area contributed by atoms with Crippen molar-refractivity contribution in [2.45, 2.75) is 354 Å². The molecule has 7 saturated carbocycles. The van der Waals surface area contributed by atoms with E-state index >= 15 is 0 Å². The van der Waals surface area contributed by atoms with E-state index in [9.17, 15) is 13.2 Å². The van der Waals surface area contributed by atoms with Crippen molar-refractivity contribution < 1.29 is 13.2 Å². The summed E-state index contributed by atoms with van der Waals surface area (Å²) >= 11 is 0. The maximum atomic E-state index is 12.9. The summed E-state index contributed by atoms with van der Waals surface area (Å²) in [4.78, 5) is 0. The highest BCUT2D eigenvalue weighted by Crippen LogP contribution is 2.39. The third-order valence-electron chi connectivity index (χ3n) is 17.7. The van der Waals surface area contributed by atoms with Gasteiger partial charge < -0.3 is 0 Å². The normalized spacial score (nSPS) is 25.6. The van der Waals surface area contributed by atoms with Crippen LogP contribution >= 0.6 is 0 Å². The highest BCUT2D eigenvalue weighted by atomic mass is 19.3. The smallest absolute Gasteiger partial charge is 0.247 e. The number of rotatable bonds is 14. The lowest BCUT2D eigenvalue weighted by atomic mass is 9.79. The van der Waals surface area contributed by atoms with Crippen LogP contribution in [0.5, 0.6) is 0 Å². The van der Waals surface area contributed by atoms with Gasteiger partial charge in [-0.3, -0.25) is 0 Å². The highest BCUT2D eigenvalue weighted by molar-refractivity contribution is 4.78. The number of halogens is 3. The van der Waals surface area contributed by atoms with Crippen molar-refractivity contribution in [3.63, 3.8) is 0 Å². The lowest BCUT2D eigenvalue weighted by molar-refractivity contribution is -0.0476. The van der Waals surface area contributed by atoms with Crippen LogP contribution in [-0.2, 0) is 0 Å². The molecule has 0 bridgehead atoms. The predicted octanol–water partition coefficient (Wildman–Crippen LogP) is 24.9. The van der Waals surface area contributed by atoms with E-state index in [4.69, 9.17) is 0 Å². The molecule has 0 amide bonds. The third-order valence-corrected chi connectivity index (χ3v) is 17.7. The molecule has 7 aliphatic carbocycles. The second kappa shape index (κ2) is 41.8. The van der Waals surface area contributed by atoms with E-state index in [1.54, 1.807) is 0 Å². The Morgan fingerprint density at radius 1 is 0.292 bits per heavy atom. The highest BCUT2D eigenvalue weighted by Gasteiger charge is 2.35. The first kappa shape index (κ1) is 69.8. The Morgan fingerprint density at radius 3 is 0.819 bits per heavy atom. The molecule has 7 aliphatic rings. The van der Waals surface area contributed by atoms with Crippen LogP contribution in [0.4, 0.5) is 13.2 Å². The Hall–Kier alpha value is -0.210. The monoisotopic (exact) mass is 1020 g/mol. The zero-order valence-corrected chi connectivity index (χ0v) is 52.0. The van der Waals surface area contributed by atoms with Gasteiger partial charge in [0.15, 0.2) is 0 Å². The minimum atomic E-state index is -2.35. The summed E-state index contributed by atoms with van der Waals surface area (Å²) in [5, 5.41) is 0. The molecule has 0 nitrogen and oxygen atoms in total. The summed E-state index contributed by atoms with van der Waals surface area (Å²) < 4.78 is 38.3. The van der Waals surface area contributed by atoms with E-state index in [0.717, 1.165) is 110 Å². The van der Waals surface area contributed by atoms with Gasteiger partial charge in [-0.2, -0.15) is 0 Å². The van der Waals surface area contributed by atoms with Crippen molar-refractivity contribution in [2.24, 2.45) is 88.8 Å². The van der Waals surface area contributed by atoms with Crippen molar-refractivity contribution in [1.29, 1.82) is 0 Å². The molecule has 2 atom stereocenters. The van der Waals surface area contributed by atoms with Gasteiger partial charge in [-0.15, -0.1) is 0 Å². The minimum absolute atomic E-state index is 0.115. The molecular weight excluding hydrogens is 886 g/mol. The molecule has 0 aliphatic heterocycles. The first-order valence-corrected chi connectivity index (χ1v) is 33.0. The van der Waals surface area contributed by atoms with Crippen LogP contribution in [0.2, 0.25) is 0 Å². The van der Waals surface area contributed by atoms with E-state index in [2.05, 4.69) is 104 Å². The van der Waals surface area contributed by atoms with E-state index in [1.165, 1.54) is 186 Å². The quantitative estimate of drug-likeness (QED) is 0.152. The topological polar surface area (TPSA) is 0 Å². The summed E-state index contributed by atoms with van der Waals surface area (Å²) in [5.74, 6) is 11.3. The molecule has 7 fully saturated rings. The molecule has 0 heterocycles. The van der Waals surface area contributed by atoms with Gasteiger partial charge in [0.2, 0.25) is 5.92 Å². The fraction of sp³-hybridized carbons (Fsp3) is 1.00. The van der Waals surface area contributed by atoms with Crippen molar-refractivity contribution in [3.05, 3.63) is 0 Å². The Labute approximate surface area is 453 Å². The molecule has 2 unspecified atom stereocenters. The molecule has 3 heteroatoms. The van der Waals surface area contributed by atoms with Gasteiger partial charge in [0.25, 0.3) is 0 Å². The molecule has 0 radical (unpaired) electrons. The molecule has 0 N–H and O–H groups in total. The van der Waals surface area contributed by atoms with Gasteiger partial charge in [0, 0.05) is 12.8 Å². The first-order chi connectivity index (χ1) is 34.0. The molecule has 432 valence electrons. The van der Waals surface area contributed by atoms with Gasteiger partial charge >= 0.3 is 0 Å². The average Bonchev–Trinajstić information content (AvgIpc) is 3.65. The SMILES string of the molecule is CC(C)CC1CCC(C)CC1.CC(C)CC1CCC(F)(F)CC1.CC(C)CC1CCC1.CC(C)CC1CCCC(F)C1.CC(C)CC1CCCC1.CC(C)CC1CCCCC1.CC(C)CC1CCCCCC1. The van der Waals surface area contributed by atoms with E-state index in [-0.39, 0.29) is 12.8 Å². The zero-order valence-electron chi connectivity index (χ0n) is 52.0. The van der Waals surface area contributed by atoms with E-state index in [1.807, 2.05) is 0 Å². The van der Waals surface area contributed by atoms with Crippen molar-refractivity contribution in [1.82, 2.24) is 0 Å². The minimum Gasteiger partial charge on any atom is -0.247 e. The predicted molar refractivity (Wildman–Crippen MR) is 318 cm³/mol. The van der Waals surface area contributed by atoms with Gasteiger partial charge in [0.1, 0.15) is 6.17 Å². The van der Waals surface area contributed by atoms with Crippen LogP contribution in [0, 0.1) is 88.8 Å². The molecule has 0 aromatic heterocycles. The molecular formula is C69H135F3. The van der Waals surface area contributed by atoms with Crippen LogP contribution in [0.1, 0.15) is 341 Å². The Bertz CT molecular complexity index is 1130. The molecule has 0 saturated heterocycles. The maximum Gasteiger partial charge on any atom is 0.248 e. The Balaban J connectivity index is 0.000000421. The largest absolute Gasteiger partial charge is 0.248 e. The van der Waals surface area contributed by atoms with Crippen LogP contribution in [0.15, 0.2) is 0 Å². The lowest BCUT2D eigenvalue weighted by Crippen LogP contribution is -2.25.